The predicted molar refractivity (Wildman–Crippen MR) is 79.0 cm³/mol. The summed E-state index contributed by atoms with van der Waals surface area (Å²) in [5, 5.41) is 13.2. The first-order valence-corrected chi connectivity index (χ1v) is 7.04. The van der Waals surface area contributed by atoms with E-state index in [1.165, 1.54) is 24.3 Å². The summed E-state index contributed by atoms with van der Waals surface area (Å²) in [7, 11) is 0. The number of hydrogen-bond donors (Lipinski definition) is 2. The molecular formula is C17H19F2NO. The third kappa shape index (κ3) is 5.25. The van der Waals surface area contributed by atoms with Crippen molar-refractivity contribution in [2.75, 3.05) is 13.1 Å². The molecule has 0 aromatic heterocycles. The molecule has 4 heteroatoms. The second-order valence-electron chi connectivity index (χ2n) is 4.98. The van der Waals surface area contributed by atoms with Crippen LogP contribution in [0.15, 0.2) is 48.5 Å². The molecule has 2 N–H and O–H groups in total. The van der Waals surface area contributed by atoms with Gasteiger partial charge in [-0.1, -0.05) is 24.3 Å². The van der Waals surface area contributed by atoms with E-state index in [1.807, 2.05) is 0 Å². The van der Waals surface area contributed by atoms with E-state index in [1.54, 1.807) is 24.3 Å². The summed E-state index contributed by atoms with van der Waals surface area (Å²) >= 11 is 0. The van der Waals surface area contributed by atoms with E-state index in [0.29, 0.717) is 13.0 Å². The molecule has 0 aliphatic heterocycles. The number of benzene rings is 2. The summed E-state index contributed by atoms with van der Waals surface area (Å²) < 4.78 is 25.5. The number of nitrogens with one attached hydrogen (secondary N) is 1. The molecule has 2 aromatic carbocycles. The van der Waals surface area contributed by atoms with Crippen molar-refractivity contribution in [1.29, 1.82) is 0 Å². The van der Waals surface area contributed by atoms with Gasteiger partial charge in [-0.25, -0.2) is 8.78 Å². The molecule has 2 aromatic rings. The monoisotopic (exact) mass is 291 g/mol. The van der Waals surface area contributed by atoms with E-state index in [-0.39, 0.29) is 11.6 Å². The molecule has 0 fully saturated rings. The van der Waals surface area contributed by atoms with Crippen molar-refractivity contribution in [2.45, 2.75) is 18.9 Å². The highest BCUT2D eigenvalue weighted by molar-refractivity contribution is 5.18. The zero-order chi connectivity index (χ0) is 15.1. The minimum atomic E-state index is -0.594. The highest BCUT2D eigenvalue weighted by Gasteiger charge is 2.06. The Hall–Kier alpha value is -1.78. The minimum absolute atomic E-state index is 0.228. The van der Waals surface area contributed by atoms with Gasteiger partial charge in [0, 0.05) is 0 Å². The van der Waals surface area contributed by atoms with Crippen molar-refractivity contribution in [3.05, 3.63) is 71.3 Å². The van der Waals surface area contributed by atoms with Gasteiger partial charge in [0.2, 0.25) is 0 Å². The molecule has 0 heterocycles. The third-order valence-electron chi connectivity index (χ3n) is 3.35. The van der Waals surface area contributed by atoms with Gasteiger partial charge in [0.1, 0.15) is 11.6 Å². The Morgan fingerprint density at radius 3 is 2.05 bits per heavy atom. The average molecular weight is 291 g/mol. The number of rotatable bonds is 7. The van der Waals surface area contributed by atoms with Crippen molar-refractivity contribution >= 4 is 0 Å². The second kappa shape index (κ2) is 7.86. The Morgan fingerprint density at radius 1 is 0.857 bits per heavy atom. The molecule has 0 spiro atoms. The van der Waals surface area contributed by atoms with E-state index in [0.717, 1.165) is 24.1 Å². The van der Waals surface area contributed by atoms with E-state index in [2.05, 4.69) is 5.32 Å². The number of halogens is 2. The molecule has 0 bridgehead atoms. The maximum absolute atomic E-state index is 12.8. The Labute approximate surface area is 123 Å². The second-order valence-corrected chi connectivity index (χ2v) is 4.98. The van der Waals surface area contributed by atoms with Crippen LogP contribution in [0.25, 0.3) is 0 Å². The predicted octanol–water partition coefficient (Wildman–Crippen LogP) is 3.22. The quantitative estimate of drug-likeness (QED) is 0.768. The maximum Gasteiger partial charge on any atom is 0.123 e. The normalized spacial score (nSPS) is 12.3. The lowest BCUT2D eigenvalue weighted by Crippen LogP contribution is -2.20. The van der Waals surface area contributed by atoms with Crippen LogP contribution < -0.4 is 5.32 Å². The first-order valence-electron chi connectivity index (χ1n) is 7.04. The first-order chi connectivity index (χ1) is 10.1. The molecule has 1 unspecified atom stereocenters. The van der Waals surface area contributed by atoms with Gasteiger partial charge in [-0.05, 0) is 61.3 Å². The lowest BCUT2D eigenvalue weighted by molar-refractivity contribution is 0.167. The van der Waals surface area contributed by atoms with Crippen LogP contribution >= 0.6 is 0 Å². The SMILES string of the molecule is OC(CCNCCc1ccc(F)cc1)c1ccc(F)cc1. The van der Waals surface area contributed by atoms with Gasteiger partial charge in [0.15, 0.2) is 0 Å². The van der Waals surface area contributed by atoms with Gasteiger partial charge < -0.3 is 10.4 Å². The van der Waals surface area contributed by atoms with Crippen LogP contribution in [0.4, 0.5) is 8.78 Å². The third-order valence-corrected chi connectivity index (χ3v) is 3.35. The molecule has 0 amide bonds. The lowest BCUT2D eigenvalue weighted by Gasteiger charge is -2.11. The van der Waals surface area contributed by atoms with Gasteiger partial charge in [0.25, 0.3) is 0 Å². The fourth-order valence-corrected chi connectivity index (χ4v) is 2.10. The number of aliphatic hydroxyl groups excluding tert-OH is 1. The molecular weight excluding hydrogens is 272 g/mol. The topological polar surface area (TPSA) is 32.3 Å². The van der Waals surface area contributed by atoms with Crippen LogP contribution in [-0.2, 0) is 6.42 Å². The number of hydrogen-bond acceptors (Lipinski definition) is 2. The van der Waals surface area contributed by atoms with E-state index in [9.17, 15) is 13.9 Å². The summed E-state index contributed by atoms with van der Waals surface area (Å²) in [5.74, 6) is -0.530. The summed E-state index contributed by atoms with van der Waals surface area (Å²) in [6.45, 7) is 1.43. The first kappa shape index (κ1) is 15.6. The van der Waals surface area contributed by atoms with Crippen LogP contribution in [-0.4, -0.2) is 18.2 Å². The van der Waals surface area contributed by atoms with Crippen LogP contribution in [0, 0.1) is 11.6 Å². The molecule has 1 atom stereocenters. The van der Waals surface area contributed by atoms with E-state index < -0.39 is 6.10 Å². The molecule has 0 aliphatic rings. The lowest BCUT2D eigenvalue weighted by atomic mass is 10.1. The van der Waals surface area contributed by atoms with E-state index >= 15 is 0 Å². The van der Waals surface area contributed by atoms with Crippen LogP contribution in [0.3, 0.4) is 0 Å². The van der Waals surface area contributed by atoms with Crippen LogP contribution in [0.2, 0.25) is 0 Å². The zero-order valence-corrected chi connectivity index (χ0v) is 11.7. The summed E-state index contributed by atoms with van der Waals surface area (Å²) in [4.78, 5) is 0. The maximum atomic E-state index is 12.8. The molecule has 0 radical (unpaired) electrons. The Kier molecular flexibility index (Phi) is 5.84. The van der Waals surface area contributed by atoms with Crippen molar-refractivity contribution in [2.24, 2.45) is 0 Å². The molecule has 2 rings (SSSR count). The van der Waals surface area contributed by atoms with Crippen molar-refractivity contribution in [3.8, 4) is 0 Å². The van der Waals surface area contributed by atoms with Crippen molar-refractivity contribution < 1.29 is 13.9 Å². The smallest absolute Gasteiger partial charge is 0.123 e. The molecule has 21 heavy (non-hydrogen) atoms. The van der Waals surface area contributed by atoms with Gasteiger partial charge in [-0.2, -0.15) is 0 Å². The van der Waals surface area contributed by atoms with Crippen molar-refractivity contribution in [3.63, 3.8) is 0 Å². The molecule has 0 aliphatic carbocycles. The highest BCUT2D eigenvalue weighted by Crippen LogP contribution is 2.16. The Balaban J connectivity index is 1.65. The van der Waals surface area contributed by atoms with Crippen molar-refractivity contribution in [1.82, 2.24) is 5.32 Å². The minimum Gasteiger partial charge on any atom is -0.388 e. The fourth-order valence-electron chi connectivity index (χ4n) is 2.10. The summed E-state index contributed by atoms with van der Waals surface area (Å²) in [6, 6.07) is 12.3. The zero-order valence-electron chi connectivity index (χ0n) is 11.7. The average Bonchev–Trinajstić information content (AvgIpc) is 2.49. The Morgan fingerprint density at radius 2 is 1.43 bits per heavy atom. The van der Waals surface area contributed by atoms with Gasteiger partial charge in [0.05, 0.1) is 6.10 Å². The molecule has 112 valence electrons. The summed E-state index contributed by atoms with van der Waals surface area (Å²) in [6.07, 6.45) is 0.783. The van der Waals surface area contributed by atoms with Gasteiger partial charge in [-0.15, -0.1) is 0 Å². The number of aliphatic hydroxyl groups is 1. The molecule has 0 saturated carbocycles. The fraction of sp³-hybridized carbons (Fsp3) is 0.294. The van der Waals surface area contributed by atoms with Gasteiger partial charge >= 0.3 is 0 Å². The van der Waals surface area contributed by atoms with Crippen LogP contribution in [0.1, 0.15) is 23.7 Å². The highest BCUT2D eigenvalue weighted by atomic mass is 19.1. The molecule has 0 saturated heterocycles. The van der Waals surface area contributed by atoms with E-state index in [4.69, 9.17) is 0 Å². The van der Waals surface area contributed by atoms with Gasteiger partial charge in [-0.3, -0.25) is 0 Å². The largest absolute Gasteiger partial charge is 0.388 e. The van der Waals surface area contributed by atoms with Crippen LogP contribution in [0.5, 0.6) is 0 Å². The molecule has 2 nitrogen and oxygen atoms in total. The Bertz CT molecular complexity index is 540. The standard InChI is InChI=1S/C17H19F2NO/c18-15-5-1-13(2-6-15)9-11-20-12-10-17(21)14-3-7-16(19)8-4-14/h1-8,17,20-21H,9-12H2. The summed E-state index contributed by atoms with van der Waals surface area (Å²) in [5.41, 5.74) is 1.79.